The number of alkyl halides is 3. The van der Waals surface area contributed by atoms with Crippen LogP contribution in [0.3, 0.4) is 0 Å². The molecule has 0 spiro atoms. The second-order valence-electron chi connectivity index (χ2n) is 4.15. The summed E-state index contributed by atoms with van der Waals surface area (Å²) < 4.78 is 51.0. The molecule has 2 rings (SSSR count). The molecule has 0 aliphatic carbocycles. The third kappa shape index (κ3) is 2.28. The first-order chi connectivity index (χ1) is 7.83. The van der Waals surface area contributed by atoms with Crippen LogP contribution >= 0.6 is 0 Å². The molecule has 1 aliphatic rings. The Hall–Kier alpha value is -1.14. The molecular weight excluding hydrogens is 238 g/mol. The lowest BCUT2D eigenvalue weighted by Gasteiger charge is -2.23. The molecule has 0 radical (unpaired) electrons. The Kier molecular flexibility index (Phi) is 2.87. The number of nitrogens with one attached hydrogen (secondary N) is 1. The van der Waals surface area contributed by atoms with Crippen LogP contribution in [0, 0.1) is 5.82 Å². The van der Waals surface area contributed by atoms with Crippen LogP contribution in [-0.2, 0) is 11.8 Å². The van der Waals surface area contributed by atoms with Crippen molar-refractivity contribution in [3.05, 3.63) is 35.1 Å². The zero-order chi connectivity index (χ0) is 12.7. The van der Waals surface area contributed by atoms with Crippen LogP contribution in [0.2, 0.25) is 0 Å². The van der Waals surface area contributed by atoms with Crippen LogP contribution in [0.15, 0.2) is 18.2 Å². The quantitative estimate of drug-likeness (QED) is 0.746. The van der Waals surface area contributed by atoms with E-state index in [2.05, 4.69) is 5.32 Å². The smallest absolute Gasteiger partial charge is 0.384 e. The van der Waals surface area contributed by atoms with Gasteiger partial charge in [-0.2, -0.15) is 13.2 Å². The SMILES string of the molecule is OC1(c2cc(C(F)(F)F)ccc2F)CCNC1. The first kappa shape index (κ1) is 12.3. The Morgan fingerprint density at radius 2 is 2.00 bits per heavy atom. The molecule has 1 fully saturated rings. The van der Waals surface area contributed by atoms with Gasteiger partial charge in [0.05, 0.1) is 5.56 Å². The molecule has 1 aliphatic heterocycles. The van der Waals surface area contributed by atoms with E-state index in [-0.39, 0.29) is 18.5 Å². The van der Waals surface area contributed by atoms with Crippen molar-refractivity contribution in [1.29, 1.82) is 0 Å². The predicted octanol–water partition coefficient (Wildman–Crippen LogP) is 2.03. The fraction of sp³-hybridized carbons (Fsp3) is 0.455. The molecule has 1 aromatic carbocycles. The average molecular weight is 249 g/mol. The fourth-order valence-electron chi connectivity index (χ4n) is 1.97. The average Bonchev–Trinajstić information content (AvgIpc) is 2.65. The molecule has 1 saturated heterocycles. The molecule has 17 heavy (non-hydrogen) atoms. The van der Waals surface area contributed by atoms with Gasteiger partial charge in [0.25, 0.3) is 0 Å². The Morgan fingerprint density at radius 3 is 2.53 bits per heavy atom. The van der Waals surface area contributed by atoms with E-state index in [9.17, 15) is 22.7 Å². The monoisotopic (exact) mass is 249 g/mol. The number of benzene rings is 1. The summed E-state index contributed by atoms with van der Waals surface area (Å²) in [6.45, 7) is 0.511. The predicted molar refractivity (Wildman–Crippen MR) is 52.8 cm³/mol. The van der Waals surface area contributed by atoms with Gasteiger partial charge in [0.1, 0.15) is 11.4 Å². The molecule has 1 aromatic rings. The van der Waals surface area contributed by atoms with Crippen LogP contribution in [0.5, 0.6) is 0 Å². The Labute approximate surface area is 95.3 Å². The van der Waals surface area contributed by atoms with E-state index in [1.165, 1.54) is 0 Å². The van der Waals surface area contributed by atoms with Crippen molar-refractivity contribution < 1.29 is 22.7 Å². The van der Waals surface area contributed by atoms with E-state index >= 15 is 0 Å². The normalized spacial score (nSPS) is 25.2. The molecule has 1 heterocycles. The van der Waals surface area contributed by atoms with Crippen LogP contribution in [-0.4, -0.2) is 18.2 Å². The summed E-state index contributed by atoms with van der Waals surface area (Å²) in [5.74, 6) is -0.816. The van der Waals surface area contributed by atoms with Crippen LogP contribution in [0.25, 0.3) is 0 Å². The molecule has 0 saturated carbocycles. The van der Waals surface area contributed by atoms with Gasteiger partial charge in [-0.3, -0.25) is 0 Å². The molecule has 1 atom stereocenters. The van der Waals surface area contributed by atoms with Crippen molar-refractivity contribution in [1.82, 2.24) is 5.32 Å². The lowest BCUT2D eigenvalue weighted by atomic mass is 9.91. The highest BCUT2D eigenvalue weighted by atomic mass is 19.4. The lowest BCUT2D eigenvalue weighted by molar-refractivity contribution is -0.137. The highest BCUT2D eigenvalue weighted by molar-refractivity contribution is 5.32. The van der Waals surface area contributed by atoms with Crippen molar-refractivity contribution >= 4 is 0 Å². The maximum absolute atomic E-state index is 13.5. The van der Waals surface area contributed by atoms with Gasteiger partial charge in [-0.25, -0.2) is 4.39 Å². The van der Waals surface area contributed by atoms with Gasteiger partial charge in [0.2, 0.25) is 0 Å². The van der Waals surface area contributed by atoms with Gasteiger partial charge in [-0.05, 0) is 31.2 Å². The summed E-state index contributed by atoms with van der Waals surface area (Å²) in [6.07, 6.45) is -4.34. The molecule has 2 N–H and O–H groups in total. The van der Waals surface area contributed by atoms with Gasteiger partial charge < -0.3 is 10.4 Å². The fourth-order valence-corrected chi connectivity index (χ4v) is 1.97. The van der Waals surface area contributed by atoms with Gasteiger partial charge in [-0.15, -0.1) is 0 Å². The van der Waals surface area contributed by atoms with E-state index in [0.717, 1.165) is 6.07 Å². The molecule has 94 valence electrons. The summed E-state index contributed by atoms with van der Waals surface area (Å²) in [5.41, 5.74) is -2.79. The summed E-state index contributed by atoms with van der Waals surface area (Å²) in [5, 5.41) is 12.9. The van der Waals surface area contributed by atoms with Gasteiger partial charge in [0, 0.05) is 12.1 Å². The van der Waals surface area contributed by atoms with Gasteiger partial charge in [0.15, 0.2) is 0 Å². The number of hydrogen-bond donors (Lipinski definition) is 2. The molecular formula is C11H11F4NO. The zero-order valence-electron chi connectivity index (χ0n) is 8.81. The van der Waals surface area contributed by atoms with Crippen molar-refractivity contribution in [2.75, 3.05) is 13.1 Å². The number of β-amino-alcohol motifs (C(OH)–C–C–N with tert-alkyl or cyclic N) is 1. The number of rotatable bonds is 1. The highest BCUT2D eigenvalue weighted by Crippen LogP contribution is 2.35. The van der Waals surface area contributed by atoms with Crippen LogP contribution in [0.4, 0.5) is 17.6 Å². The van der Waals surface area contributed by atoms with E-state index in [0.29, 0.717) is 18.7 Å². The molecule has 2 nitrogen and oxygen atoms in total. The van der Waals surface area contributed by atoms with E-state index in [1.807, 2.05) is 0 Å². The van der Waals surface area contributed by atoms with Crippen molar-refractivity contribution in [3.63, 3.8) is 0 Å². The Morgan fingerprint density at radius 1 is 1.29 bits per heavy atom. The van der Waals surface area contributed by atoms with E-state index in [1.54, 1.807) is 0 Å². The highest BCUT2D eigenvalue weighted by Gasteiger charge is 2.38. The zero-order valence-corrected chi connectivity index (χ0v) is 8.81. The Balaban J connectivity index is 2.46. The third-order valence-corrected chi connectivity index (χ3v) is 2.93. The maximum atomic E-state index is 13.5. The van der Waals surface area contributed by atoms with E-state index in [4.69, 9.17) is 0 Å². The molecule has 0 bridgehead atoms. The van der Waals surface area contributed by atoms with Crippen LogP contribution in [0.1, 0.15) is 17.5 Å². The molecule has 6 heteroatoms. The number of halogens is 4. The minimum Gasteiger partial charge on any atom is -0.384 e. The Bertz CT molecular complexity index is 424. The van der Waals surface area contributed by atoms with E-state index < -0.39 is 23.2 Å². The third-order valence-electron chi connectivity index (χ3n) is 2.93. The van der Waals surface area contributed by atoms with Gasteiger partial charge in [-0.1, -0.05) is 0 Å². The molecule has 1 unspecified atom stereocenters. The largest absolute Gasteiger partial charge is 0.416 e. The first-order valence-corrected chi connectivity index (χ1v) is 5.13. The summed E-state index contributed by atoms with van der Waals surface area (Å²) >= 11 is 0. The molecule has 0 aromatic heterocycles. The van der Waals surface area contributed by atoms with Crippen molar-refractivity contribution in [2.24, 2.45) is 0 Å². The topological polar surface area (TPSA) is 32.3 Å². The summed E-state index contributed by atoms with van der Waals surface area (Å²) in [6, 6.07) is 2.10. The minimum atomic E-state index is -4.54. The number of hydrogen-bond acceptors (Lipinski definition) is 2. The number of aliphatic hydroxyl groups is 1. The summed E-state index contributed by atoms with van der Waals surface area (Å²) in [7, 11) is 0. The van der Waals surface area contributed by atoms with Crippen molar-refractivity contribution in [3.8, 4) is 0 Å². The van der Waals surface area contributed by atoms with Crippen LogP contribution < -0.4 is 5.32 Å². The minimum absolute atomic E-state index is 0.0607. The second-order valence-corrected chi connectivity index (χ2v) is 4.15. The summed E-state index contributed by atoms with van der Waals surface area (Å²) in [4.78, 5) is 0. The second kappa shape index (κ2) is 3.96. The van der Waals surface area contributed by atoms with Gasteiger partial charge >= 0.3 is 6.18 Å². The maximum Gasteiger partial charge on any atom is 0.416 e. The first-order valence-electron chi connectivity index (χ1n) is 5.13. The van der Waals surface area contributed by atoms with Crippen molar-refractivity contribution in [2.45, 2.75) is 18.2 Å². The molecule has 0 amide bonds. The standard InChI is InChI=1S/C11H11F4NO/c12-9-2-1-7(11(13,14)15)5-8(9)10(17)3-4-16-6-10/h1-2,5,16-17H,3-4,6H2. The lowest BCUT2D eigenvalue weighted by Crippen LogP contribution is -2.30.